The number of nitrogens with two attached hydrogens (primary N) is 1. The third-order valence-electron chi connectivity index (χ3n) is 4.12. The molecule has 2 fully saturated rings. The molecule has 2 heteroatoms. The van der Waals surface area contributed by atoms with Gasteiger partial charge in [-0.15, -0.1) is 0 Å². The normalized spacial score (nSPS) is 33.5. The highest BCUT2D eigenvalue weighted by Crippen LogP contribution is 2.47. The molecular formula is C11H21NO. The van der Waals surface area contributed by atoms with Crippen molar-refractivity contribution in [1.29, 1.82) is 0 Å². The summed E-state index contributed by atoms with van der Waals surface area (Å²) in [6, 6.07) is 0. The smallest absolute Gasteiger partial charge is 0.0471 e. The highest BCUT2D eigenvalue weighted by molar-refractivity contribution is 4.91. The summed E-state index contributed by atoms with van der Waals surface area (Å²) in [6.45, 7) is 2.83. The van der Waals surface area contributed by atoms with Crippen molar-refractivity contribution < 1.29 is 4.74 Å². The molecule has 0 radical (unpaired) electrons. The number of rotatable bonds is 1. The van der Waals surface area contributed by atoms with Gasteiger partial charge in [0.1, 0.15) is 0 Å². The largest absolute Gasteiger partial charge is 0.381 e. The maximum atomic E-state index is 5.87. The van der Waals surface area contributed by atoms with Gasteiger partial charge in [-0.3, -0.25) is 0 Å². The van der Waals surface area contributed by atoms with Crippen LogP contribution in [0.15, 0.2) is 0 Å². The molecule has 1 saturated heterocycles. The molecule has 1 unspecified atom stereocenters. The van der Waals surface area contributed by atoms with E-state index < -0.39 is 0 Å². The Hall–Kier alpha value is -0.0800. The van der Waals surface area contributed by atoms with Crippen LogP contribution in [-0.4, -0.2) is 19.8 Å². The van der Waals surface area contributed by atoms with E-state index in [0.717, 1.165) is 25.7 Å². The first-order valence-electron chi connectivity index (χ1n) is 5.65. The molecule has 2 N–H and O–H groups in total. The van der Waals surface area contributed by atoms with Crippen LogP contribution in [0.1, 0.15) is 38.5 Å². The zero-order valence-electron chi connectivity index (χ0n) is 8.43. The molecule has 1 aliphatic carbocycles. The first-order chi connectivity index (χ1) is 6.37. The second-order valence-electron chi connectivity index (χ2n) is 4.65. The summed E-state index contributed by atoms with van der Waals surface area (Å²) >= 11 is 0. The van der Waals surface area contributed by atoms with Crippen molar-refractivity contribution in [2.45, 2.75) is 38.5 Å². The second kappa shape index (κ2) is 3.97. The highest BCUT2D eigenvalue weighted by atomic mass is 16.5. The van der Waals surface area contributed by atoms with E-state index in [2.05, 4.69) is 0 Å². The van der Waals surface area contributed by atoms with Gasteiger partial charge >= 0.3 is 0 Å². The monoisotopic (exact) mass is 183 g/mol. The summed E-state index contributed by atoms with van der Waals surface area (Å²) in [5, 5.41) is 0. The van der Waals surface area contributed by atoms with Gasteiger partial charge in [-0.2, -0.15) is 0 Å². The molecule has 1 heterocycles. The van der Waals surface area contributed by atoms with Gasteiger partial charge in [-0.25, -0.2) is 0 Å². The Bertz CT molecular complexity index is 155. The molecule has 0 aromatic carbocycles. The predicted octanol–water partition coefficient (Wildman–Crippen LogP) is 1.93. The van der Waals surface area contributed by atoms with Crippen molar-refractivity contribution in [3.05, 3.63) is 0 Å². The third kappa shape index (κ3) is 1.75. The van der Waals surface area contributed by atoms with Crippen molar-refractivity contribution in [3.8, 4) is 0 Å². The molecule has 0 amide bonds. The van der Waals surface area contributed by atoms with Crippen molar-refractivity contribution in [3.63, 3.8) is 0 Å². The summed E-state index contributed by atoms with van der Waals surface area (Å²) < 4.78 is 5.45. The quantitative estimate of drug-likeness (QED) is 0.674. The van der Waals surface area contributed by atoms with Gasteiger partial charge < -0.3 is 10.5 Å². The van der Waals surface area contributed by atoms with Crippen LogP contribution in [-0.2, 0) is 4.74 Å². The Balaban J connectivity index is 2.06. The van der Waals surface area contributed by atoms with E-state index in [0.29, 0.717) is 5.41 Å². The Morgan fingerprint density at radius 2 is 1.92 bits per heavy atom. The first kappa shape index (κ1) is 9.47. The number of hydrogen-bond acceptors (Lipinski definition) is 2. The summed E-state index contributed by atoms with van der Waals surface area (Å²) in [7, 11) is 0. The predicted molar refractivity (Wildman–Crippen MR) is 53.5 cm³/mol. The van der Waals surface area contributed by atoms with Crippen molar-refractivity contribution in [1.82, 2.24) is 0 Å². The molecule has 0 bridgehead atoms. The van der Waals surface area contributed by atoms with Gasteiger partial charge in [0.2, 0.25) is 0 Å². The van der Waals surface area contributed by atoms with Crippen LogP contribution in [0.3, 0.4) is 0 Å². The molecule has 2 aliphatic rings. The lowest BCUT2D eigenvalue weighted by molar-refractivity contribution is -0.0369. The first-order valence-corrected chi connectivity index (χ1v) is 5.65. The van der Waals surface area contributed by atoms with E-state index >= 15 is 0 Å². The van der Waals surface area contributed by atoms with Gasteiger partial charge in [-0.05, 0) is 43.6 Å². The number of ether oxygens (including phenoxy) is 1. The fourth-order valence-electron chi connectivity index (χ4n) is 3.18. The fraction of sp³-hybridized carbons (Fsp3) is 1.00. The SMILES string of the molecule is NCC1CCCCC12CCOCC2. The molecule has 1 spiro atoms. The van der Waals surface area contributed by atoms with Crippen LogP contribution in [0, 0.1) is 11.3 Å². The van der Waals surface area contributed by atoms with Gasteiger partial charge in [0.25, 0.3) is 0 Å². The van der Waals surface area contributed by atoms with Gasteiger partial charge in [-0.1, -0.05) is 12.8 Å². The summed E-state index contributed by atoms with van der Waals surface area (Å²) in [6.07, 6.45) is 8.08. The fourth-order valence-corrected chi connectivity index (χ4v) is 3.18. The van der Waals surface area contributed by atoms with E-state index in [1.807, 2.05) is 0 Å². The van der Waals surface area contributed by atoms with E-state index in [4.69, 9.17) is 10.5 Å². The lowest BCUT2D eigenvalue weighted by atomic mass is 9.62. The molecular weight excluding hydrogens is 162 g/mol. The van der Waals surface area contributed by atoms with Crippen LogP contribution in [0.2, 0.25) is 0 Å². The van der Waals surface area contributed by atoms with E-state index in [1.54, 1.807) is 0 Å². The highest BCUT2D eigenvalue weighted by Gasteiger charge is 2.40. The minimum absolute atomic E-state index is 0.575. The Labute approximate surface area is 80.8 Å². The van der Waals surface area contributed by atoms with Crippen LogP contribution in [0.5, 0.6) is 0 Å². The third-order valence-corrected chi connectivity index (χ3v) is 4.12. The van der Waals surface area contributed by atoms with E-state index in [9.17, 15) is 0 Å². The lowest BCUT2D eigenvalue weighted by Gasteiger charge is -2.46. The average Bonchev–Trinajstić information content (AvgIpc) is 2.20. The van der Waals surface area contributed by atoms with Gasteiger partial charge in [0.15, 0.2) is 0 Å². The minimum atomic E-state index is 0.575. The molecule has 1 saturated carbocycles. The van der Waals surface area contributed by atoms with Crippen LogP contribution in [0.25, 0.3) is 0 Å². The standard InChI is InChI=1S/C11H21NO/c12-9-10-3-1-2-4-11(10)5-7-13-8-6-11/h10H,1-9,12H2. The lowest BCUT2D eigenvalue weighted by Crippen LogP contribution is -2.42. The molecule has 0 aromatic rings. The van der Waals surface area contributed by atoms with Gasteiger partial charge in [0.05, 0.1) is 0 Å². The Morgan fingerprint density at radius 1 is 1.15 bits per heavy atom. The van der Waals surface area contributed by atoms with Crippen molar-refractivity contribution in [2.75, 3.05) is 19.8 Å². The minimum Gasteiger partial charge on any atom is -0.381 e. The summed E-state index contributed by atoms with van der Waals surface area (Å²) in [4.78, 5) is 0. The molecule has 0 aromatic heterocycles. The maximum Gasteiger partial charge on any atom is 0.0471 e. The summed E-state index contributed by atoms with van der Waals surface area (Å²) in [5.41, 5.74) is 6.44. The van der Waals surface area contributed by atoms with Crippen LogP contribution in [0.4, 0.5) is 0 Å². The molecule has 76 valence electrons. The Morgan fingerprint density at radius 3 is 2.62 bits per heavy atom. The van der Waals surface area contributed by atoms with Gasteiger partial charge in [0, 0.05) is 13.2 Å². The number of hydrogen-bond donors (Lipinski definition) is 1. The van der Waals surface area contributed by atoms with Crippen LogP contribution >= 0.6 is 0 Å². The van der Waals surface area contributed by atoms with E-state index in [-0.39, 0.29) is 0 Å². The molecule has 1 atom stereocenters. The average molecular weight is 183 g/mol. The van der Waals surface area contributed by atoms with Crippen molar-refractivity contribution >= 4 is 0 Å². The molecule has 2 rings (SSSR count). The molecule has 1 aliphatic heterocycles. The topological polar surface area (TPSA) is 35.2 Å². The van der Waals surface area contributed by atoms with Crippen LogP contribution < -0.4 is 5.73 Å². The van der Waals surface area contributed by atoms with Crippen molar-refractivity contribution in [2.24, 2.45) is 17.1 Å². The zero-order valence-corrected chi connectivity index (χ0v) is 8.43. The zero-order chi connectivity index (χ0) is 9.15. The second-order valence-corrected chi connectivity index (χ2v) is 4.65. The maximum absolute atomic E-state index is 5.87. The molecule has 2 nitrogen and oxygen atoms in total. The Kier molecular flexibility index (Phi) is 2.89. The summed E-state index contributed by atoms with van der Waals surface area (Å²) in [5.74, 6) is 0.783. The van der Waals surface area contributed by atoms with E-state index in [1.165, 1.54) is 38.5 Å². The molecule has 13 heavy (non-hydrogen) atoms.